The van der Waals surface area contributed by atoms with E-state index in [0.717, 1.165) is 38.2 Å². The van der Waals surface area contributed by atoms with Crippen LogP contribution < -0.4 is 9.47 Å². The fourth-order valence-electron chi connectivity index (χ4n) is 2.33. The summed E-state index contributed by atoms with van der Waals surface area (Å²) >= 11 is 3.44. The van der Waals surface area contributed by atoms with E-state index >= 15 is 0 Å². The average molecular weight is 351 g/mol. The van der Waals surface area contributed by atoms with Crippen LogP contribution in [0, 0.1) is 13.8 Å². The van der Waals surface area contributed by atoms with Gasteiger partial charge in [-0.25, -0.2) is 0 Å². The monoisotopic (exact) mass is 350 g/mol. The number of benzene rings is 2. The second-order valence-corrected chi connectivity index (χ2v) is 5.78. The minimum absolute atomic E-state index is 0.731. The number of aliphatic hydroxyl groups is 1. The van der Waals surface area contributed by atoms with E-state index in [2.05, 4.69) is 15.9 Å². The Morgan fingerprint density at radius 3 is 2.33 bits per heavy atom. The van der Waals surface area contributed by atoms with Crippen LogP contribution in [0.1, 0.15) is 28.4 Å². The van der Waals surface area contributed by atoms with E-state index in [1.165, 1.54) is 0 Å². The molecule has 0 saturated heterocycles. The predicted octanol–water partition coefficient (Wildman–Crippen LogP) is 4.16. The fourth-order valence-corrected chi connectivity index (χ4v) is 2.89. The fraction of sp³-hybridized carbons (Fsp3) is 0.294. The number of aliphatic hydroxyl groups excluding tert-OH is 1. The Kier molecular flexibility index (Phi) is 4.91. The maximum atomic E-state index is 10.7. The standard InChI is InChI=1S/C17H19BrO3/c1-10-5-7-13(17(21-4)11(10)2)16(19)12-6-8-15(20-3)14(18)9-12/h5-9,16,19H,1-4H3. The van der Waals surface area contributed by atoms with Crippen molar-refractivity contribution in [3.8, 4) is 11.5 Å². The van der Waals surface area contributed by atoms with Gasteiger partial charge in [0.05, 0.1) is 18.7 Å². The molecule has 1 atom stereocenters. The lowest BCUT2D eigenvalue weighted by molar-refractivity contribution is 0.214. The van der Waals surface area contributed by atoms with E-state index in [1.54, 1.807) is 14.2 Å². The first-order chi connectivity index (χ1) is 9.99. The number of halogens is 1. The van der Waals surface area contributed by atoms with Gasteiger partial charge in [-0.3, -0.25) is 0 Å². The topological polar surface area (TPSA) is 38.7 Å². The molecule has 4 heteroatoms. The summed E-state index contributed by atoms with van der Waals surface area (Å²) in [5, 5.41) is 10.7. The lowest BCUT2D eigenvalue weighted by Gasteiger charge is -2.19. The molecule has 2 aromatic carbocycles. The third kappa shape index (κ3) is 3.06. The Balaban J connectivity index is 2.47. The zero-order valence-corrected chi connectivity index (χ0v) is 14.2. The number of hydrogen-bond acceptors (Lipinski definition) is 3. The molecule has 0 bridgehead atoms. The van der Waals surface area contributed by atoms with Gasteiger partial charge in [-0.1, -0.05) is 18.2 Å². The van der Waals surface area contributed by atoms with Crippen LogP contribution in [0.2, 0.25) is 0 Å². The van der Waals surface area contributed by atoms with Crippen molar-refractivity contribution in [2.75, 3.05) is 14.2 Å². The van der Waals surface area contributed by atoms with E-state index in [-0.39, 0.29) is 0 Å². The zero-order valence-electron chi connectivity index (χ0n) is 12.6. The van der Waals surface area contributed by atoms with Crippen molar-refractivity contribution in [1.29, 1.82) is 0 Å². The van der Waals surface area contributed by atoms with Crippen LogP contribution in [0.25, 0.3) is 0 Å². The van der Waals surface area contributed by atoms with Crippen molar-refractivity contribution in [1.82, 2.24) is 0 Å². The number of rotatable bonds is 4. The molecule has 0 aliphatic heterocycles. The van der Waals surface area contributed by atoms with E-state index in [9.17, 15) is 5.11 Å². The normalized spacial score (nSPS) is 12.1. The van der Waals surface area contributed by atoms with Gasteiger partial charge in [0.25, 0.3) is 0 Å². The third-order valence-electron chi connectivity index (χ3n) is 3.70. The summed E-state index contributed by atoms with van der Waals surface area (Å²) in [6.07, 6.45) is -0.749. The summed E-state index contributed by atoms with van der Waals surface area (Å²) < 4.78 is 11.5. The molecule has 0 saturated carbocycles. The van der Waals surface area contributed by atoms with Crippen molar-refractivity contribution in [2.45, 2.75) is 20.0 Å². The molecule has 0 fully saturated rings. The first kappa shape index (κ1) is 15.9. The highest BCUT2D eigenvalue weighted by Gasteiger charge is 2.18. The molecular weight excluding hydrogens is 332 g/mol. The molecular formula is C17H19BrO3. The van der Waals surface area contributed by atoms with Crippen molar-refractivity contribution >= 4 is 15.9 Å². The van der Waals surface area contributed by atoms with Gasteiger partial charge in [0.15, 0.2) is 0 Å². The Labute approximate surface area is 133 Å². The molecule has 0 radical (unpaired) electrons. The van der Waals surface area contributed by atoms with Crippen LogP contribution in [0.4, 0.5) is 0 Å². The van der Waals surface area contributed by atoms with Gasteiger partial charge in [0, 0.05) is 5.56 Å². The summed E-state index contributed by atoms with van der Waals surface area (Å²) in [5.41, 5.74) is 3.72. The molecule has 0 aromatic heterocycles. The molecule has 21 heavy (non-hydrogen) atoms. The Hall–Kier alpha value is -1.52. The van der Waals surface area contributed by atoms with Gasteiger partial charge in [-0.2, -0.15) is 0 Å². The molecule has 2 rings (SSSR count). The highest BCUT2D eigenvalue weighted by Crippen LogP contribution is 2.36. The zero-order chi connectivity index (χ0) is 15.6. The highest BCUT2D eigenvalue weighted by molar-refractivity contribution is 9.10. The molecule has 0 aliphatic carbocycles. The van der Waals surface area contributed by atoms with Crippen molar-refractivity contribution in [3.05, 3.63) is 57.1 Å². The van der Waals surface area contributed by atoms with Crippen LogP contribution in [-0.2, 0) is 0 Å². The molecule has 0 heterocycles. The summed E-state index contributed by atoms with van der Waals surface area (Å²) in [7, 11) is 3.24. The van der Waals surface area contributed by atoms with Crippen LogP contribution in [0.3, 0.4) is 0 Å². The van der Waals surface area contributed by atoms with Gasteiger partial charge >= 0.3 is 0 Å². The van der Waals surface area contributed by atoms with Gasteiger partial charge in [-0.15, -0.1) is 0 Å². The maximum absolute atomic E-state index is 10.7. The predicted molar refractivity (Wildman–Crippen MR) is 87.2 cm³/mol. The Morgan fingerprint density at radius 1 is 1.05 bits per heavy atom. The molecule has 3 nitrogen and oxygen atoms in total. The molecule has 1 unspecified atom stereocenters. The Morgan fingerprint density at radius 2 is 1.76 bits per heavy atom. The van der Waals surface area contributed by atoms with E-state index in [1.807, 2.05) is 44.2 Å². The highest BCUT2D eigenvalue weighted by atomic mass is 79.9. The summed E-state index contributed by atoms with van der Waals surface area (Å²) in [6.45, 7) is 4.02. The van der Waals surface area contributed by atoms with E-state index in [4.69, 9.17) is 9.47 Å². The van der Waals surface area contributed by atoms with E-state index in [0.29, 0.717) is 0 Å². The van der Waals surface area contributed by atoms with Crippen molar-refractivity contribution in [3.63, 3.8) is 0 Å². The number of aryl methyl sites for hydroxylation is 1. The number of methoxy groups -OCH3 is 2. The molecule has 0 aliphatic rings. The minimum atomic E-state index is -0.749. The quantitative estimate of drug-likeness (QED) is 0.899. The summed E-state index contributed by atoms with van der Waals surface area (Å²) in [4.78, 5) is 0. The molecule has 0 spiro atoms. The van der Waals surface area contributed by atoms with E-state index < -0.39 is 6.10 Å². The van der Waals surface area contributed by atoms with Crippen molar-refractivity contribution in [2.24, 2.45) is 0 Å². The lowest BCUT2D eigenvalue weighted by Crippen LogP contribution is -2.05. The number of ether oxygens (including phenoxy) is 2. The van der Waals surface area contributed by atoms with Gasteiger partial charge in [-0.05, 0) is 58.6 Å². The molecule has 1 N–H and O–H groups in total. The summed E-state index contributed by atoms with van der Waals surface area (Å²) in [6, 6.07) is 9.44. The maximum Gasteiger partial charge on any atom is 0.133 e. The van der Waals surface area contributed by atoms with Crippen LogP contribution in [0.15, 0.2) is 34.8 Å². The minimum Gasteiger partial charge on any atom is -0.496 e. The van der Waals surface area contributed by atoms with Crippen LogP contribution >= 0.6 is 15.9 Å². The first-order valence-corrected chi connectivity index (χ1v) is 7.44. The third-order valence-corrected chi connectivity index (χ3v) is 4.32. The second kappa shape index (κ2) is 6.50. The lowest BCUT2D eigenvalue weighted by atomic mass is 9.96. The van der Waals surface area contributed by atoms with Crippen molar-refractivity contribution < 1.29 is 14.6 Å². The average Bonchev–Trinajstić information content (AvgIpc) is 2.49. The SMILES string of the molecule is COc1ccc(C(O)c2ccc(C)c(C)c2OC)cc1Br. The Bertz CT molecular complexity index is 653. The molecule has 112 valence electrons. The molecule has 0 amide bonds. The second-order valence-electron chi connectivity index (χ2n) is 4.93. The first-order valence-electron chi connectivity index (χ1n) is 6.65. The molecule has 2 aromatic rings. The van der Waals surface area contributed by atoms with Gasteiger partial charge in [0.2, 0.25) is 0 Å². The van der Waals surface area contributed by atoms with Gasteiger partial charge < -0.3 is 14.6 Å². The van der Waals surface area contributed by atoms with Crippen LogP contribution in [-0.4, -0.2) is 19.3 Å². The summed E-state index contributed by atoms with van der Waals surface area (Å²) in [5.74, 6) is 1.47. The smallest absolute Gasteiger partial charge is 0.133 e. The van der Waals surface area contributed by atoms with Gasteiger partial charge in [0.1, 0.15) is 17.6 Å². The van der Waals surface area contributed by atoms with Crippen LogP contribution in [0.5, 0.6) is 11.5 Å². The number of hydrogen-bond donors (Lipinski definition) is 1. The largest absolute Gasteiger partial charge is 0.496 e.